The van der Waals surface area contributed by atoms with Crippen LogP contribution < -0.4 is 38.5 Å². The Hall–Kier alpha value is -1.27. The fraction of sp³-hybridized carbons (Fsp3) is 0.250. The summed E-state index contributed by atoms with van der Waals surface area (Å²) in [5, 5.41) is 9.28. The molecule has 12 heteroatoms. The first-order valence-electron chi connectivity index (χ1n) is 7.26. The van der Waals surface area contributed by atoms with Crippen molar-refractivity contribution in [2.75, 3.05) is 6.61 Å². The van der Waals surface area contributed by atoms with Gasteiger partial charge in [-0.25, -0.2) is 4.39 Å². The van der Waals surface area contributed by atoms with Crippen LogP contribution in [-0.4, -0.2) is 34.1 Å². The quantitative estimate of drug-likeness (QED) is 0.309. The molecule has 0 saturated heterocycles. The van der Waals surface area contributed by atoms with Crippen molar-refractivity contribution in [2.45, 2.75) is 19.0 Å². The number of aliphatic hydroxyl groups is 1. The molecule has 5 nitrogen and oxygen atoms in total. The molecule has 0 aliphatic rings. The van der Waals surface area contributed by atoms with E-state index in [1.165, 1.54) is 18.2 Å². The summed E-state index contributed by atoms with van der Waals surface area (Å²) in [6.07, 6.45) is 0. The summed E-state index contributed by atoms with van der Waals surface area (Å²) in [6.45, 7) is 1.12. The van der Waals surface area contributed by atoms with Crippen molar-refractivity contribution in [3.8, 4) is 22.6 Å². The van der Waals surface area contributed by atoms with E-state index in [1.807, 2.05) is 0 Å². The molecule has 0 aliphatic heterocycles. The Labute approximate surface area is 183 Å². The predicted molar refractivity (Wildman–Crippen MR) is 90.3 cm³/mol. The Balaban J connectivity index is 0.00000364. The van der Waals surface area contributed by atoms with Crippen LogP contribution in [-0.2, 0) is 16.7 Å². The Kier molecular flexibility index (Phi) is 10.0. The van der Waals surface area contributed by atoms with E-state index in [1.54, 1.807) is 6.92 Å². The second-order valence-electron chi connectivity index (χ2n) is 5.05. The van der Waals surface area contributed by atoms with Gasteiger partial charge >= 0.3 is 45.2 Å². The molecule has 0 fully saturated rings. The number of rotatable bonds is 6. The normalized spacial score (nSPS) is 11.2. The molecule has 0 bridgehead atoms. The SMILES string of the molecule is CCOc1cc(CO)cc(OS(=O)(=O)C(F)(F)F)c1-c1ccc(F)cc1.[B-].[Na+]. The fourth-order valence-corrected chi connectivity index (χ4v) is 2.60. The third-order valence-corrected chi connectivity index (χ3v) is 4.19. The van der Waals surface area contributed by atoms with Crippen LogP contribution in [0.15, 0.2) is 36.4 Å². The molecule has 0 unspecified atom stereocenters. The molecule has 0 aliphatic carbocycles. The number of alkyl halides is 3. The van der Waals surface area contributed by atoms with Crippen LogP contribution >= 0.6 is 0 Å². The number of ether oxygens (including phenoxy) is 1. The molecule has 0 amide bonds. The van der Waals surface area contributed by atoms with Crippen LogP contribution in [0.2, 0.25) is 0 Å². The molecule has 0 aromatic heterocycles. The number of benzene rings is 2. The maximum atomic E-state index is 13.2. The fourth-order valence-electron chi connectivity index (χ4n) is 2.14. The summed E-state index contributed by atoms with van der Waals surface area (Å²) >= 11 is 0. The van der Waals surface area contributed by atoms with Crippen LogP contribution in [0.4, 0.5) is 17.6 Å². The summed E-state index contributed by atoms with van der Waals surface area (Å²) < 4.78 is 83.7. The van der Waals surface area contributed by atoms with Gasteiger partial charge in [0.05, 0.1) is 18.8 Å². The van der Waals surface area contributed by atoms with E-state index in [9.17, 15) is 31.1 Å². The minimum absolute atomic E-state index is 0. The van der Waals surface area contributed by atoms with Crippen molar-refractivity contribution in [2.24, 2.45) is 0 Å². The van der Waals surface area contributed by atoms with Crippen molar-refractivity contribution in [3.63, 3.8) is 0 Å². The minimum Gasteiger partial charge on any atom is -1.00 e. The molecule has 1 N–H and O–H groups in total. The molecule has 2 rings (SSSR count). The second kappa shape index (κ2) is 10.5. The first kappa shape index (κ1) is 26.7. The zero-order chi connectivity index (χ0) is 19.5. The summed E-state index contributed by atoms with van der Waals surface area (Å²) in [4.78, 5) is 0. The van der Waals surface area contributed by atoms with E-state index in [4.69, 9.17) is 4.74 Å². The molecule has 28 heavy (non-hydrogen) atoms. The van der Waals surface area contributed by atoms with Crippen LogP contribution in [0.3, 0.4) is 0 Å². The van der Waals surface area contributed by atoms with Gasteiger partial charge in [0.1, 0.15) is 11.6 Å². The van der Waals surface area contributed by atoms with Crippen molar-refractivity contribution in [1.82, 2.24) is 0 Å². The average Bonchev–Trinajstić information content (AvgIpc) is 2.54. The number of halogens is 4. The number of hydrogen-bond donors (Lipinski definition) is 1. The van der Waals surface area contributed by atoms with Crippen molar-refractivity contribution in [1.29, 1.82) is 0 Å². The van der Waals surface area contributed by atoms with E-state index >= 15 is 0 Å². The molecular weight excluding hydrogens is 414 g/mol. The van der Waals surface area contributed by atoms with Crippen LogP contribution in [0.1, 0.15) is 12.5 Å². The van der Waals surface area contributed by atoms with Crippen LogP contribution in [0, 0.1) is 5.82 Å². The first-order chi connectivity index (χ1) is 12.1. The van der Waals surface area contributed by atoms with Gasteiger partial charge in [0.15, 0.2) is 5.75 Å². The third kappa shape index (κ3) is 6.12. The van der Waals surface area contributed by atoms with Gasteiger partial charge in [-0.15, -0.1) is 0 Å². The van der Waals surface area contributed by atoms with Crippen molar-refractivity contribution >= 4 is 18.5 Å². The summed E-state index contributed by atoms with van der Waals surface area (Å²) in [6, 6.07) is 6.84. The largest absolute Gasteiger partial charge is 1.00 e. The molecule has 4 radical (unpaired) electrons. The van der Waals surface area contributed by atoms with Gasteiger partial charge in [0, 0.05) is 0 Å². The summed E-state index contributed by atoms with van der Waals surface area (Å²) in [5.74, 6) is -1.30. The average molecular weight is 428 g/mol. The topological polar surface area (TPSA) is 72.8 Å². The molecule has 146 valence electrons. The van der Waals surface area contributed by atoms with Gasteiger partial charge in [-0.1, -0.05) is 12.1 Å². The Morgan fingerprint density at radius 2 is 1.61 bits per heavy atom. The third-order valence-electron chi connectivity index (χ3n) is 3.22. The Bertz CT molecular complexity index is 889. The van der Waals surface area contributed by atoms with Gasteiger partial charge in [-0.05, 0) is 42.3 Å². The molecule has 0 saturated carbocycles. The molecule has 2 aromatic carbocycles. The summed E-state index contributed by atoms with van der Waals surface area (Å²) in [5.41, 5.74) is -5.51. The maximum Gasteiger partial charge on any atom is 1.00 e. The van der Waals surface area contributed by atoms with Gasteiger partial charge < -0.3 is 22.4 Å². The Morgan fingerprint density at radius 1 is 1.07 bits per heavy atom. The van der Waals surface area contributed by atoms with Crippen LogP contribution in [0.25, 0.3) is 11.1 Å². The van der Waals surface area contributed by atoms with Crippen molar-refractivity contribution in [3.05, 3.63) is 47.8 Å². The Morgan fingerprint density at radius 3 is 2.07 bits per heavy atom. The second-order valence-corrected chi connectivity index (χ2v) is 6.59. The zero-order valence-corrected chi connectivity index (χ0v) is 17.8. The molecule has 0 spiro atoms. The van der Waals surface area contributed by atoms with E-state index in [0.717, 1.165) is 18.2 Å². The van der Waals surface area contributed by atoms with E-state index in [2.05, 4.69) is 4.18 Å². The van der Waals surface area contributed by atoms with Gasteiger partial charge in [-0.3, -0.25) is 0 Å². The number of hydrogen-bond acceptors (Lipinski definition) is 5. The van der Waals surface area contributed by atoms with Gasteiger partial charge in [0.2, 0.25) is 0 Å². The van der Waals surface area contributed by atoms with Crippen molar-refractivity contribution < 1.29 is 69.6 Å². The van der Waals surface area contributed by atoms with E-state index in [0.29, 0.717) is 0 Å². The molecular formula is C16H14BF4NaO5S. The van der Waals surface area contributed by atoms with E-state index < -0.39 is 33.8 Å². The van der Waals surface area contributed by atoms with Gasteiger partial charge in [-0.2, -0.15) is 21.6 Å². The zero-order valence-electron chi connectivity index (χ0n) is 15.0. The molecule has 0 heterocycles. The summed E-state index contributed by atoms with van der Waals surface area (Å²) in [7, 11) is -5.96. The molecule has 0 atom stereocenters. The molecule has 2 aromatic rings. The smallest absolute Gasteiger partial charge is 1.00 e. The van der Waals surface area contributed by atoms with Gasteiger partial charge in [0.25, 0.3) is 0 Å². The standard InChI is InChI=1S/C16H14F4O5S.B.Na/c1-2-24-13-7-10(9-21)8-14(25-26(22,23)16(18,19)20)15(13)11-3-5-12(17)6-4-11;;/h3-8,21H,2,9H2,1H3;;/q;-1;+1. The van der Waals surface area contributed by atoms with Crippen LogP contribution in [0.5, 0.6) is 11.5 Å². The minimum atomic E-state index is -5.96. The first-order valence-corrected chi connectivity index (χ1v) is 8.67. The predicted octanol–water partition coefficient (Wildman–Crippen LogP) is 0.235. The number of aliphatic hydroxyl groups excluding tert-OH is 1. The van der Waals surface area contributed by atoms with E-state index in [-0.39, 0.29) is 67.0 Å². The maximum absolute atomic E-state index is 13.2. The monoisotopic (exact) mass is 428 g/mol.